The molecule has 0 fully saturated rings. The largest absolute Gasteiger partial charge is 0.486 e. The third-order valence-corrected chi connectivity index (χ3v) is 4.15. The lowest BCUT2D eigenvalue weighted by molar-refractivity contribution is -0.125. The van der Waals surface area contributed by atoms with Gasteiger partial charge in [0.05, 0.1) is 13.1 Å². The molecule has 1 atom stereocenters. The first-order valence-corrected chi connectivity index (χ1v) is 8.99. The molecule has 9 heteroatoms. The quantitative estimate of drug-likeness (QED) is 0.734. The van der Waals surface area contributed by atoms with Gasteiger partial charge in [-0.2, -0.15) is 0 Å². The van der Waals surface area contributed by atoms with E-state index in [1.165, 1.54) is 6.07 Å². The number of amides is 2. The third kappa shape index (κ3) is 5.89. The molecule has 29 heavy (non-hydrogen) atoms. The Morgan fingerprint density at radius 1 is 1.10 bits per heavy atom. The monoisotopic (exact) mass is 405 g/mol. The van der Waals surface area contributed by atoms with E-state index in [1.807, 2.05) is 24.3 Å². The number of para-hydroxylation sites is 2. The molecule has 7 nitrogen and oxygen atoms in total. The smallest absolute Gasteiger partial charge is 0.243 e. The second-order valence-electron chi connectivity index (χ2n) is 6.65. The Hall–Kier alpha value is -3.20. The highest BCUT2D eigenvalue weighted by Gasteiger charge is 2.22. The van der Waals surface area contributed by atoms with Gasteiger partial charge in [0.15, 0.2) is 23.1 Å². The van der Waals surface area contributed by atoms with Crippen molar-refractivity contribution in [2.45, 2.75) is 6.10 Å². The minimum atomic E-state index is -1.06. The lowest BCUT2D eigenvalue weighted by Crippen LogP contribution is -2.44. The van der Waals surface area contributed by atoms with Crippen LogP contribution in [0.3, 0.4) is 0 Å². The number of hydrogen-bond donors (Lipinski definition) is 2. The van der Waals surface area contributed by atoms with E-state index in [0.717, 1.165) is 12.1 Å². The van der Waals surface area contributed by atoms with Crippen molar-refractivity contribution in [1.29, 1.82) is 0 Å². The van der Waals surface area contributed by atoms with Gasteiger partial charge in [-0.05, 0) is 31.3 Å². The van der Waals surface area contributed by atoms with E-state index in [0.29, 0.717) is 24.7 Å². The number of carbonyl (C=O) groups excluding carboxylic acids is 2. The molecule has 1 unspecified atom stereocenters. The number of rotatable bonds is 7. The Bertz CT molecular complexity index is 894. The van der Waals surface area contributed by atoms with Crippen LogP contribution in [0.2, 0.25) is 0 Å². The number of fused-ring (bicyclic) bond motifs is 1. The Kier molecular flexibility index (Phi) is 6.61. The molecule has 0 aromatic heterocycles. The number of halogens is 2. The predicted octanol–water partition coefficient (Wildman–Crippen LogP) is 1.79. The van der Waals surface area contributed by atoms with Crippen LogP contribution in [0.15, 0.2) is 42.5 Å². The lowest BCUT2D eigenvalue weighted by atomic mass is 10.2. The van der Waals surface area contributed by atoms with E-state index < -0.39 is 17.5 Å². The van der Waals surface area contributed by atoms with Crippen LogP contribution in [0.5, 0.6) is 11.5 Å². The second-order valence-corrected chi connectivity index (χ2v) is 6.65. The molecule has 2 N–H and O–H groups in total. The number of anilines is 1. The zero-order valence-electron chi connectivity index (χ0n) is 15.8. The molecule has 0 aliphatic carbocycles. The maximum atomic E-state index is 13.1. The molecule has 1 aliphatic rings. The van der Waals surface area contributed by atoms with E-state index in [2.05, 4.69) is 10.6 Å². The molecule has 0 radical (unpaired) electrons. The fourth-order valence-corrected chi connectivity index (χ4v) is 2.82. The van der Waals surface area contributed by atoms with Crippen molar-refractivity contribution in [1.82, 2.24) is 10.2 Å². The molecule has 1 heterocycles. The summed E-state index contributed by atoms with van der Waals surface area (Å²) >= 11 is 0. The van der Waals surface area contributed by atoms with Crippen LogP contribution in [0.25, 0.3) is 0 Å². The summed E-state index contributed by atoms with van der Waals surface area (Å²) in [5, 5.41) is 4.86. The normalized spacial score (nSPS) is 15.1. The number of nitrogens with zero attached hydrogens (tertiary/aromatic N) is 1. The molecule has 1 aliphatic heterocycles. The first-order chi connectivity index (χ1) is 13.9. The van der Waals surface area contributed by atoms with E-state index in [9.17, 15) is 18.4 Å². The van der Waals surface area contributed by atoms with Crippen molar-refractivity contribution in [2.75, 3.05) is 38.6 Å². The maximum Gasteiger partial charge on any atom is 0.243 e. The van der Waals surface area contributed by atoms with Crippen molar-refractivity contribution >= 4 is 17.5 Å². The molecule has 2 amide bonds. The van der Waals surface area contributed by atoms with Gasteiger partial charge >= 0.3 is 0 Å². The van der Waals surface area contributed by atoms with Gasteiger partial charge in [-0.15, -0.1) is 0 Å². The lowest BCUT2D eigenvalue weighted by Gasteiger charge is -2.29. The second kappa shape index (κ2) is 9.33. The summed E-state index contributed by atoms with van der Waals surface area (Å²) in [6.45, 7) is 0.602. The van der Waals surface area contributed by atoms with E-state index in [4.69, 9.17) is 9.47 Å². The maximum absolute atomic E-state index is 13.1. The number of hydrogen-bond acceptors (Lipinski definition) is 5. The molecule has 0 spiro atoms. The van der Waals surface area contributed by atoms with Gasteiger partial charge in [-0.1, -0.05) is 12.1 Å². The average Bonchev–Trinajstić information content (AvgIpc) is 2.69. The Balaban J connectivity index is 1.38. The SMILES string of the molecule is CN(CC(=O)NCC(=O)Nc1ccc(F)c(F)c1)CC1COc2ccccc2O1. The first-order valence-electron chi connectivity index (χ1n) is 8.99. The fourth-order valence-electron chi connectivity index (χ4n) is 2.82. The fraction of sp³-hybridized carbons (Fsp3) is 0.300. The van der Waals surface area contributed by atoms with Gasteiger partial charge in [0.1, 0.15) is 12.7 Å². The zero-order valence-corrected chi connectivity index (χ0v) is 15.8. The highest BCUT2D eigenvalue weighted by molar-refractivity contribution is 5.94. The minimum absolute atomic E-state index is 0.0555. The molecular weight excluding hydrogens is 384 g/mol. The summed E-state index contributed by atoms with van der Waals surface area (Å²) in [5.74, 6) is -1.62. The summed E-state index contributed by atoms with van der Waals surface area (Å²) in [7, 11) is 1.75. The third-order valence-electron chi connectivity index (χ3n) is 4.15. The molecule has 2 aromatic rings. The van der Waals surface area contributed by atoms with Gasteiger partial charge in [0.25, 0.3) is 0 Å². The molecule has 0 bridgehead atoms. The number of benzene rings is 2. The van der Waals surface area contributed by atoms with Gasteiger partial charge < -0.3 is 20.1 Å². The molecule has 0 saturated carbocycles. The molecule has 3 rings (SSSR count). The summed E-state index contributed by atoms with van der Waals surface area (Å²) in [4.78, 5) is 25.6. The van der Waals surface area contributed by atoms with Crippen LogP contribution in [0.1, 0.15) is 0 Å². The van der Waals surface area contributed by atoms with Crippen LogP contribution in [-0.2, 0) is 9.59 Å². The molecule has 0 saturated heterocycles. The first kappa shape index (κ1) is 20.5. The van der Waals surface area contributed by atoms with E-state index in [-0.39, 0.29) is 30.8 Å². The van der Waals surface area contributed by atoms with Crippen molar-refractivity contribution in [3.05, 3.63) is 54.1 Å². The van der Waals surface area contributed by atoms with Crippen LogP contribution in [-0.4, -0.2) is 56.1 Å². The topological polar surface area (TPSA) is 79.9 Å². The van der Waals surface area contributed by atoms with Gasteiger partial charge in [0, 0.05) is 18.3 Å². The van der Waals surface area contributed by atoms with Gasteiger partial charge in [0.2, 0.25) is 11.8 Å². The number of ether oxygens (including phenoxy) is 2. The van der Waals surface area contributed by atoms with Crippen molar-refractivity contribution in [3.63, 3.8) is 0 Å². The van der Waals surface area contributed by atoms with E-state index in [1.54, 1.807) is 11.9 Å². The standard InChI is InChI=1S/C20H21F2N3O4/c1-25(10-14-12-28-17-4-2-3-5-18(17)29-14)11-20(27)23-9-19(26)24-13-6-7-15(21)16(22)8-13/h2-8,14H,9-12H2,1H3,(H,23,27)(H,24,26). The van der Waals surface area contributed by atoms with Crippen LogP contribution in [0, 0.1) is 11.6 Å². The Morgan fingerprint density at radius 3 is 2.62 bits per heavy atom. The van der Waals surface area contributed by atoms with Crippen molar-refractivity contribution < 1.29 is 27.8 Å². The van der Waals surface area contributed by atoms with Gasteiger partial charge in [-0.3, -0.25) is 14.5 Å². The Labute approximate surface area is 166 Å². The predicted molar refractivity (Wildman–Crippen MR) is 102 cm³/mol. The Morgan fingerprint density at radius 2 is 1.86 bits per heavy atom. The molecule has 2 aromatic carbocycles. The van der Waals surface area contributed by atoms with Crippen molar-refractivity contribution in [2.24, 2.45) is 0 Å². The van der Waals surface area contributed by atoms with Crippen LogP contribution < -0.4 is 20.1 Å². The summed E-state index contributed by atoms with van der Waals surface area (Å²) in [5.41, 5.74) is 0.106. The highest BCUT2D eigenvalue weighted by atomic mass is 19.2. The zero-order chi connectivity index (χ0) is 20.8. The van der Waals surface area contributed by atoms with Crippen LogP contribution in [0.4, 0.5) is 14.5 Å². The summed E-state index contributed by atoms with van der Waals surface area (Å²) in [6, 6.07) is 10.4. The van der Waals surface area contributed by atoms with Crippen molar-refractivity contribution in [3.8, 4) is 11.5 Å². The summed E-state index contributed by atoms with van der Waals surface area (Å²) < 4.78 is 37.5. The van der Waals surface area contributed by atoms with Crippen LogP contribution >= 0.6 is 0 Å². The summed E-state index contributed by atoms with van der Waals surface area (Å²) in [6.07, 6.45) is -0.223. The number of carbonyl (C=O) groups is 2. The molecular formula is C20H21F2N3O4. The number of nitrogens with one attached hydrogen (secondary N) is 2. The average molecular weight is 405 g/mol. The minimum Gasteiger partial charge on any atom is -0.486 e. The number of likely N-dealkylation sites (N-methyl/N-ethyl adjacent to an activating group) is 1. The molecule has 154 valence electrons. The highest BCUT2D eigenvalue weighted by Crippen LogP contribution is 2.30. The van der Waals surface area contributed by atoms with E-state index >= 15 is 0 Å². The van der Waals surface area contributed by atoms with Gasteiger partial charge in [-0.25, -0.2) is 8.78 Å².